The van der Waals surface area contributed by atoms with Gasteiger partial charge < -0.3 is 31.2 Å². The number of amides is 1. The van der Waals surface area contributed by atoms with Crippen molar-refractivity contribution in [2.45, 2.75) is 32.0 Å². The zero-order chi connectivity index (χ0) is 31.9. The second kappa shape index (κ2) is 14.7. The third-order valence-corrected chi connectivity index (χ3v) is 8.14. The molecule has 0 unspecified atom stereocenters. The summed E-state index contributed by atoms with van der Waals surface area (Å²) in [4.78, 5) is 29.5. The Bertz CT molecular complexity index is 1720. The molecule has 2 aromatic carbocycles. The summed E-state index contributed by atoms with van der Waals surface area (Å²) < 4.78 is 11.0. The van der Waals surface area contributed by atoms with Crippen LogP contribution in [-0.4, -0.2) is 59.2 Å². The van der Waals surface area contributed by atoms with Crippen LogP contribution in [0.3, 0.4) is 0 Å². The molecule has 13 heteroatoms. The number of nitrogens with two attached hydrogens (primary N) is 1. The lowest BCUT2D eigenvalue weighted by Gasteiger charge is -2.15. The summed E-state index contributed by atoms with van der Waals surface area (Å²) in [7, 11) is 3.08. The molecule has 1 saturated heterocycles. The van der Waals surface area contributed by atoms with Gasteiger partial charge in [0.2, 0.25) is 17.7 Å². The van der Waals surface area contributed by atoms with Crippen LogP contribution in [0, 0.1) is 0 Å². The van der Waals surface area contributed by atoms with Gasteiger partial charge in [-0.25, -0.2) is 9.97 Å². The van der Waals surface area contributed by atoms with E-state index in [4.69, 9.17) is 43.4 Å². The zero-order valence-corrected chi connectivity index (χ0v) is 26.5. The number of carbonyl (C=O) groups excluding carboxylic acids is 1. The minimum absolute atomic E-state index is 0.00928. The summed E-state index contributed by atoms with van der Waals surface area (Å²) in [5, 5.41) is 10.6. The van der Waals surface area contributed by atoms with Crippen molar-refractivity contribution < 1.29 is 14.3 Å². The van der Waals surface area contributed by atoms with E-state index in [0.29, 0.717) is 79.4 Å². The van der Waals surface area contributed by atoms with E-state index in [1.807, 2.05) is 36.4 Å². The minimum atomic E-state index is -0.472. The van der Waals surface area contributed by atoms with Crippen LogP contribution in [0.1, 0.15) is 24.2 Å². The minimum Gasteiger partial charge on any atom is -0.480 e. The number of ether oxygens (including phenoxy) is 2. The number of aromatic nitrogens is 4. The summed E-state index contributed by atoms with van der Waals surface area (Å²) in [5.74, 6) is 0.254. The first-order valence-electron chi connectivity index (χ1n) is 14.3. The quantitative estimate of drug-likeness (QED) is 0.163. The fourth-order valence-corrected chi connectivity index (χ4v) is 5.75. The van der Waals surface area contributed by atoms with Crippen molar-refractivity contribution in [2.75, 3.05) is 27.3 Å². The molecule has 0 bridgehead atoms. The SMILES string of the molecule is C=C1CC[C@@H](CNCc2ncc(-c3cccc(-c4cccc(-c5cnc(CNCC(N)=O)c(OC)n5)c4Cl)c3Cl)nc2OC)N1. The Morgan fingerprint density at radius 2 is 1.42 bits per heavy atom. The maximum atomic E-state index is 11.1. The molecular weight excluding hydrogens is 615 g/mol. The van der Waals surface area contributed by atoms with Crippen molar-refractivity contribution in [1.29, 1.82) is 0 Å². The summed E-state index contributed by atoms with van der Waals surface area (Å²) in [5.41, 5.74) is 11.3. The largest absolute Gasteiger partial charge is 0.480 e. The van der Waals surface area contributed by atoms with Gasteiger partial charge in [-0.05, 0) is 12.8 Å². The van der Waals surface area contributed by atoms with Crippen LogP contribution in [0.4, 0.5) is 0 Å². The van der Waals surface area contributed by atoms with Gasteiger partial charge in [-0.2, -0.15) is 0 Å². The summed E-state index contributed by atoms with van der Waals surface area (Å²) in [6, 6.07) is 11.6. The van der Waals surface area contributed by atoms with Crippen LogP contribution >= 0.6 is 23.2 Å². The molecular formula is C32H34Cl2N8O3. The zero-order valence-electron chi connectivity index (χ0n) is 25.0. The molecule has 2 aromatic heterocycles. The molecule has 1 fully saturated rings. The summed E-state index contributed by atoms with van der Waals surface area (Å²) in [6.45, 7) is 5.56. The molecule has 1 aliphatic heterocycles. The van der Waals surface area contributed by atoms with Crippen LogP contribution in [0.5, 0.6) is 11.8 Å². The van der Waals surface area contributed by atoms with Gasteiger partial charge in [0.05, 0.1) is 54.6 Å². The Morgan fingerprint density at radius 3 is 1.89 bits per heavy atom. The average Bonchev–Trinajstić information content (AvgIpc) is 3.46. The molecule has 0 aliphatic carbocycles. The average molecular weight is 650 g/mol. The molecule has 1 amide bonds. The van der Waals surface area contributed by atoms with Gasteiger partial charge in [0, 0.05) is 53.6 Å². The third-order valence-electron chi connectivity index (χ3n) is 7.33. The second-order valence-electron chi connectivity index (χ2n) is 10.4. The third kappa shape index (κ3) is 7.51. The molecule has 5 rings (SSSR count). The first-order chi connectivity index (χ1) is 21.8. The van der Waals surface area contributed by atoms with Crippen LogP contribution in [0.2, 0.25) is 10.0 Å². The predicted octanol–water partition coefficient (Wildman–Crippen LogP) is 4.52. The Labute approximate surface area is 271 Å². The number of benzene rings is 2. The number of methoxy groups -OCH3 is 2. The van der Waals surface area contributed by atoms with E-state index in [1.165, 1.54) is 7.11 Å². The molecule has 4 aromatic rings. The molecule has 0 radical (unpaired) electrons. The molecule has 1 aliphatic rings. The Hall–Kier alpha value is -4.29. The van der Waals surface area contributed by atoms with Crippen LogP contribution in [-0.2, 0) is 17.9 Å². The highest BCUT2D eigenvalue weighted by Crippen LogP contribution is 2.42. The first kappa shape index (κ1) is 32.1. The highest BCUT2D eigenvalue weighted by Gasteiger charge is 2.20. The van der Waals surface area contributed by atoms with Gasteiger partial charge in [0.25, 0.3) is 0 Å². The van der Waals surface area contributed by atoms with Crippen molar-refractivity contribution in [1.82, 2.24) is 35.9 Å². The number of hydrogen-bond donors (Lipinski definition) is 4. The van der Waals surface area contributed by atoms with E-state index in [2.05, 4.69) is 37.5 Å². The Morgan fingerprint density at radius 1 is 0.911 bits per heavy atom. The summed E-state index contributed by atoms with van der Waals surface area (Å²) in [6.07, 6.45) is 5.35. The maximum Gasteiger partial charge on any atom is 0.237 e. The van der Waals surface area contributed by atoms with Crippen LogP contribution in [0.25, 0.3) is 33.6 Å². The lowest BCUT2D eigenvalue weighted by Crippen LogP contribution is -2.33. The van der Waals surface area contributed by atoms with Crippen molar-refractivity contribution in [3.05, 3.63) is 82.5 Å². The maximum absolute atomic E-state index is 11.1. The second-order valence-corrected chi connectivity index (χ2v) is 11.2. The number of hydrogen-bond acceptors (Lipinski definition) is 10. The van der Waals surface area contributed by atoms with E-state index >= 15 is 0 Å². The predicted molar refractivity (Wildman–Crippen MR) is 175 cm³/mol. The number of nitrogens with one attached hydrogen (secondary N) is 3. The highest BCUT2D eigenvalue weighted by molar-refractivity contribution is 6.39. The molecule has 0 saturated carbocycles. The number of carbonyl (C=O) groups is 1. The van der Waals surface area contributed by atoms with Gasteiger partial charge in [0.1, 0.15) is 11.4 Å². The highest BCUT2D eigenvalue weighted by atomic mass is 35.5. The van der Waals surface area contributed by atoms with Crippen molar-refractivity contribution in [3.8, 4) is 45.4 Å². The Kier molecular flexibility index (Phi) is 10.5. The Balaban J connectivity index is 1.39. The topological polar surface area (TPSA) is 149 Å². The summed E-state index contributed by atoms with van der Waals surface area (Å²) >= 11 is 14.0. The van der Waals surface area contributed by atoms with E-state index in [0.717, 1.165) is 25.1 Å². The molecule has 0 spiro atoms. The van der Waals surface area contributed by atoms with E-state index in [1.54, 1.807) is 19.5 Å². The normalized spacial score (nSPS) is 14.3. The van der Waals surface area contributed by atoms with E-state index < -0.39 is 5.91 Å². The lowest BCUT2D eigenvalue weighted by molar-refractivity contribution is -0.117. The molecule has 234 valence electrons. The van der Waals surface area contributed by atoms with Crippen molar-refractivity contribution in [2.24, 2.45) is 5.73 Å². The van der Waals surface area contributed by atoms with Gasteiger partial charge in [-0.15, -0.1) is 0 Å². The first-order valence-corrected chi connectivity index (χ1v) is 15.1. The molecule has 45 heavy (non-hydrogen) atoms. The molecule has 3 heterocycles. The van der Waals surface area contributed by atoms with E-state index in [9.17, 15) is 4.79 Å². The van der Waals surface area contributed by atoms with Crippen LogP contribution < -0.4 is 31.2 Å². The smallest absolute Gasteiger partial charge is 0.237 e. The monoisotopic (exact) mass is 648 g/mol. The fraction of sp³-hybridized carbons (Fsp3) is 0.281. The van der Waals surface area contributed by atoms with Crippen molar-refractivity contribution >= 4 is 29.1 Å². The lowest BCUT2D eigenvalue weighted by atomic mass is 9.98. The molecule has 1 atom stereocenters. The number of halogens is 2. The fourth-order valence-electron chi connectivity index (χ4n) is 5.10. The van der Waals surface area contributed by atoms with E-state index in [-0.39, 0.29) is 13.1 Å². The number of rotatable bonds is 13. The number of allylic oxidation sites excluding steroid dienone is 1. The standard InChI is InChI=1S/C32H34Cl2N8O3/c1-18-10-11-19(40-18)12-36-13-26-31(44-2)41-24(15-38-26)22-8-4-6-20(29(22)33)21-7-5-9-23(30(21)34)25-16-39-27(32(42-25)45-3)14-37-17-28(35)43/h4-9,15-16,19,36-37,40H,1,10-14,17H2,2-3H3,(H2,35,43)/t19-/m0/s1. The molecule has 11 nitrogen and oxygen atoms in total. The molecule has 5 N–H and O–H groups in total. The van der Waals surface area contributed by atoms with Gasteiger partial charge in [0.15, 0.2) is 0 Å². The van der Waals surface area contributed by atoms with Gasteiger partial charge in [-0.1, -0.05) is 66.2 Å². The van der Waals surface area contributed by atoms with Gasteiger partial charge in [-0.3, -0.25) is 14.8 Å². The van der Waals surface area contributed by atoms with Crippen molar-refractivity contribution in [3.63, 3.8) is 0 Å². The van der Waals surface area contributed by atoms with Crippen LogP contribution in [0.15, 0.2) is 61.1 Å². The van der Waals surface area contributed by atoms with Gasteiger partial charge >= 0.3 is 0 Å². The number of primary amides is 1. The number of nitrogens with zero attached hydrogens (tertiary/aromatic N) is 4.